The van der Waals surface area contributed by atoms with Crippen molar-refractivity contribution in [1.29, 1.82) is 0 Å². The Balaban J connectivity index is 1.89. The molecule has 3 heteroatoms. The predicted molar refractivity (Wildman–Crippen MR) is 61.5 cm³/mol. The number of benzene rings is 1. The van der Waals surface area contributed by atoms with Gasteiger partial charge in [-0.1, -0.05) is 12.1 Å². The molecule has 2 nitrogen and oxygen atoms in total. The third kappa shape index (κ3) is 3.08. The van der Waals surface area contributed by atoms with Crippen molar-refractivity contribution in [3.05, 3.63) is 29.8 Å². The van der Waals surface area contributed by atoms with E-state index < -0.39 is 0 Å². The van der Waals surface area contributed by atoms with Crippen LogP contribution in [0.4, 0.5) is 0 Å². The Labute approximate surface area is 94.0 Å². The molecule has 1 saturated heterocycles. The number of hydrogen-bond donors (Lipinski definition) is 0. The van der Waals surface area contributed by atoms with Crippen LogP contribution in [0.1, 0.15) is 16.8 Å². The molecule has 0 radical (unpaired) electrons. The Bertz CT molecular complexity index is 332. The molecule has 1 aromatic carbocycles. The average Bonchev–Trinajstić information content (AvgIpc) is 2.79. The lowest BCUT2D eigenvalue weighted by Crippen LogP contribution is -2.01. The van der Waals surface area contributed by atoms with Crippen molar-refractivity contribution in [3.63, 3.8) is 0 Å². The van der Waals surface area contributed by atoms with Gasteiger partial charge in [0.1, 0.15) is 6.29 Å². The van der Waals surface area contributed by atoms with Gasteiger partial charge in [-0.15, -0.1) is 11.8 Å². The smallest absolute Gasteiger partial charge is 0.150 e. The maximum Gasteiger partial charge on any atom is 0.150 e. The van der Waals surface area contributed by atoms with Crippen LogP contribution >= 0.6 is 11.8 Å². The van der Waals surface area contributed by atoms with Gasteiger partial charge >= 0.3 is 0 Å². The lowest BCUT2D eigenvalue weighted by atomic mass is 10.2. The van der Waals surface area contributed by atoms with Crippen molar-refractivity contribution in [2.75, 3.05) is 19.0 Å². The SMILES string of the molecule is O=Cc1cccc(SCC2CCOC2)c1. The Morgan fingerprint density at radius 2 is 2.47 bits per heavy atom. The number of thioether (sulfide) groups is 1. The Morgan fingerprint density at radius 1 is 1.53 bits per heavy atom. The average molecular weight is 222 g/mol. The van der Waals surface area contributed by atoms with Gasteiger partial charge in [-0.05, 0) is 24.5 Å². The zero-order valence-electron chi connectivity index (χ0n) is 8.52. The number of hydrogen-bond acceptors (Lipinski definition) is 3. The van der Waals surface area contributed by atoms with Gasteiger partial charge in [-0.2, -0.15) is 0 Å². The number of carbonyl (C=O) groups excluding carboxylic acids is 1. The van der Waals surface area contributed by atoms with Crippen LogP contribution in [0, 0.1) is 5.92 Å². The first-order valence-corrected chi connectivity index (χ1v) is 6.13. The molecule has 1 aromatic rings. The molecule has 0 aromatic heterocycles. The summed E-state index contributed by atoms with van der Waals surface area (Å²) in [5.41, 5.74) is 0.752. The van der Waals surface area contributed by atoms with Gasteiger partial charge in [0.05, 0.1) is 6.61 Å². The third-order valence-corrected chi connectivity index (χ3v) is 3.73. The van der Waals surface area contributed by atoms with E-state index in [1.165, 1.54) is 11.3 Å². The molecule has 2 rings (SSSR count). The number of rotatable bonds is 4. The van der Waals surface area contributed by atoms with Crippen LogP contribution in [0.3, 0.4) is 0 Å². The molecule has 0 saturated carbocycles. The van der Waals surface area contributed by atoms with E-state index >= 15 is 0 Å². The molecular weight excluding hydrogens is 208 g/mol. The minimum atomic E-state index is 0.676. The van der Waals surface area contributed by atoms with Crippen LogP contribution in [0.15, 0.2) is 29.2 Å². The third-order valence-electron chi connectivity index (χ3n) is 2.50. The minimum Gasteiger partial charge on any atom is -0.381 e. The van der Waals surface area contributed by atoms with Crippen molar-refractivity contribution in [2.45, 2.75) is 11.3 Å². The molecule has 80 valence electrons. The molecule has 1 fully saturated rings. The van der Waals surface area contributed by atoms with Crippen molar-refractivity contribution < 1.29 is 9.53 Å². The fourth-order valence-electron chi connectivity index (χ4n) is 1.61. The van der Waals surface area contributed by atoms with Crippen LogP contribution in [-0.2, 0) is 4.74 Å². The largest absolute Gasteiger partial charge is 0.381 e. The van der Waals surface area contributed by atoms with E-state index in [9.17, 15) is 4.79 Å². The first-order chi connectivity index (χ1) is 7.38. The highest BCUT2D eigenvalue weighted by atomic mass is 32.2. The lowest BCUT2D eigenvalue weighted by Gasteiger charge is -2.06. The van der Waals surface area contributed by atoms with Gasteiger partial charge in [0.15, 0.2) is 0 Å². The van der Waals surface area contributed by atoms with Crippen LogP contribution in [0.2, 0.25) is 0 Å². The highest BCUT2D eigenvalue weighted by molar-refractivity contribution is 7.99. The minimum absolute atomic E-state index is 0.676. The van der Waals surface area contributed by atoms with Gasteiger partial charge < -0.3 is 4.74 Å². The Morgan fingerprint density at radius 3 is 3.20 bits per heavy atom. The monoisotopic (exact) mass is 222 g/mol. The summed E-state index contributed by atoms with van der Waals surface area (Å²) in [5, 5.41) is 0. The molecule has 0 bridgehead atoms. The van der Waals surface area contributed by atoms with E-state index in [4.69, 9.17) is 4.74 Å². The Kier molecular flexibility index (Phi) is 3.80. The summed E-state index contributed by atoms with van der Waals surface area (Å²) in [4.78, 5) is 11.8. The molecular formula is C12H14O2S. The van der Waals surface area contributed by atoms with Crippen molar-refractivity contribution in [2.24, 2.45) is 5.92 Å². The summed E-state index contributed by atoms with van der Waals surface area (Å²) in [6.45, 7) is 1.79. The van der Waals surface area contributed by atoms with E-state index in [2.05, 4.69) is 0 Å². The predicted octanol–water partition coefficient (Wildman–Crippen LogP) is 2.63. The first-order valence-electron chi connectivity index (χ1n) is 5.14. The van der Waals surface area contributed by atoms with Gasteiger partial charge in [0, 0.05) is 22.8 Å². The Hall–Kier alpha value is -0.800. The van der Waals surface area contributed by atoms with E-state index in [1.54, 1.807) is 0 Å². The van der Waals surface area contributed by atoms with Crippen LogP contribution in [-0.4, -0.2) is 25.3 Å². The first kappa shape index (κ1) is 10.7. The summed E-state index contributed by atoms with van der Waals surface area (Å²) >= 11 is 1.81. The zero-order valence-corrected chi connectivity index (χ0v) is 9.33. The standard InChI is InChI=1S/C12H14O2S/c13-7-10-2-1-3-12(6-10)15-9-11-4-5-14-8-11/h1-3,6-7,11H,4-5,8-9H2. The molecule has 15 heavy (non-hydrogen) atoms. The molecule has 1 aliphatic rings. The summed E-state index contributed by atoms with van der Waals surface area (Å²) in [6, 6.07) is 7.74. The zero-order chi connectivity index (χ0) is 10.5. The fraction of sp³-hybridized carbons (Fsp3) is 0.417. The molecule has 1 atom stereocenters. The van der Waals surface area contributed by atoms with Crippen LogP contribution < -0.4 is 0 Å². The van der Waals surface area contributed by atoms with Gasteiger partial charge in [0.25, 0.3) is 0 Å². The molecule has 0 aliphatic carbocycles. The van der Waals surface area contributed by atoms with Gasteiger partial charge in [0.2, 0.25) is 0 Å². The van der Waals surface area contributed by atoms with E-state index in [-0.39, 0.29) is 0 Å². The van der Waals surface area contributed by atoms with Gasteiger partial charge in [-0.3, -0.25) is 4.79 Å². The quantitative estimate of drug-likeness (QED) is 0.578. The summed E-state index contributed by atoms with van der Waals surface area (Å²) in [5.74, 6) is 1.76. The van der Waals surface area contributed by atoms with Crippen molar-refractivity contribution in [3.8, 4) is 0 Å². The van der Waals surface area contributed by atoms with Crippen molar-refractivity contribution >= 4 is 18.0 Å². The highest BCUT2D eigenvalue weighted by Gasteiger charge is 2.15. The van der Waals surface area contributed by atoms with Crippen LogP contribution in [0.25, 0.3) is 0 Å². The second-order valence-electron chi connectivity index (χ2n) is 3.73. The molecule has 1 heterocycles. The molecule has 1 aliphatic heterocycles. The second-order valence-corrected chi connectivity index (χ2v) is 4.82. The molecule has 0 spiro atoms. The molecule has 0 N–H and O–H groups in total. The second kappa shape index (κ2) is 5.33. The normalized spacial score (nSPS) is 20.4. The highest BCUT2D eigenvalue weighted by Crippen LogP contribution is 2.25. The van der Waals surface area contributed by atoms with E-state index in [0.29, 0.717) is 5.92 Å². The van der Waals surface area contributed by atoms with E-state index in [0.717, 1.165) is 30.8 Å². The molecule has 1 unspecified atom stereocenters. The van der Waals surface area contributed by atoms with Gasteiger partial charge in [-0.25, -0.2) is 0 Å². The summed E-state index contributed by atoms with van der Waals surface area (Å²) in [7, 11) is 0. The number of aldehydes is 1. The summed E-state index contributed by atoms with van der Waals surface area (Å²) in [6.07, 6.45) is 2.06. The topological polar surface area (TPSA) is 26.3 Å². The number of carbonyl (C=O) groups is 1. The summed E-state index contributed by atoms with van der Waals surface area (Å²) < 4.78 is 5.32. The maximum atomic E-state index is 10.6. The lowest BCUT2D eigenvalue weighted by molar-refractivity contribution is 0.112. The molecule has 0 amide bonds. The van der Waals surface area contributed by atoms with E-state index in [1.807, 2.05) is 36.0 Å². The maximum absolute atomic E-state index is 10.6. The number of ether oxygens (including phenoxy) is 1. The van der Waals surface area contributed by atoms with Crippen molar-refractivity contribution in [1.82, 2.24) is 0 Å². The fourth-order valence-corrected chi connectivity index (χ4v) is 2.69. The van der Waals surface area contributed by atoms with Crippen LogP contribution in [0.5, 0.6) is 0 Å².